The van der Waals surface area contributed by atoms with Gasteiger partial charge in [-0.3, -0.25) is 18.7 Å². The quantitative estimate of drug-likeness (QED) is 0.439. The lowest BCUT2D eigenvalue weighted by Gasteiger charge is -2.56. The number of nitrogens with zero attached hydrogens (tertiary/aromatic N) is 4. The molecule has 192 valence electrons. The largest absolute Gasteiger partial charge is 0.386 e. The van der Waals surface area contributed by atoms with Gasteiger partial charge in [0.25, 0.3) is 11.8 Å². The van der Waals surface area contributed by atoms with Gasteiger partial charge in [-0.1, -0.05) is 11.6 Å². The maximum absolute atomic E-state index is 15.2. The van der Waals surface area contributed by atoms with Gasteiger partial charge in [-0.25, -0.2) is 23.1 Å². The molecular formula is C22H23ClF3N7O2S. The summed E-state index contributed by atoms with van der Waals surface area (Å²) in [7, 11) is -3.70. The first-order chi connectivity index (χ1) is 16.6. The van der Waals surface area contributed by atoms with E-state index in [-0.39, 0.29) is 27.9 Å². The molecule has 0 saturated carbocycles. The topological polar surface area (TPSA) is 146 Å². The number of pyridine rings is 2. The monoisotopic (exact) mass is 541 g/mol. The molecule has 0 aliphatic carbocycles. The fourth-order valence-corrected chi connectivity index (χ4v) is 8.43. The highest BCUT2D eigenvalue weighted by atomic mass is 35.5. The molecule has 2 atom stereocenters. The number of nitriles is 1. The highest BCUT2D eigenvalue weighted by Gasteiger charge is 2.62. The van der Waals surface area contributed by atoms with E-state index in [2.05, 4.69) is 25.0 Å². The Labute approximate surface area is 210 Å². The summed E-state index contributed by atoms with van der Waals surface area (Å²) in [6, 6.07) is 5.24. The molecule has 2 aliphatic rings. The minimum absolute atomic E-state index is 0.0912. The molecule has 2 aromatic rings. The van der Waals surface area contributed by atoms with E-state index in [1.807, 2.05) is 6.07 Å². The van der Waals surface area contributed by atoms with Gasteiger partial charge in [-0.2, -0.15) is 5.26 Å². The zero-order valence-electron chi connectivity index (χ0n) is 19.4. The molecular weight excluding hydrogens is 519 g/mol. The number of amidine groups is 1. The van der Waals surface area contributed by atoms with Crippen LogP contribution in [-0.4, -0.2) is 48.4 Å². The number of rotatable bonds is 3. The van der Waals surface area contributed by atoms with Crippen LogP contribution in [0.15, 0.2) is 29.4 Å². The molecule has 14 heteroatoms. The van der Waals surface area contributed by atoms with Crippen molar-refractivity contribution in [3.05, 3.63) is 52.2 Å². The first kappa shape index (κ1) is 26.0. The average molecular weight is 542 g/mol. The Kier molecular flexibility index (Phi) is 6.14. The predicted octanol–water partition coefficient (Wildman–Crippen LogP) is 2.69. The second kappa shape index (κ2) is 8.50. The maximum Gasteiger partial charge on any atom is 0.276 e. The number of thiol groups is 1. The number of anilines is 1. The Morgan fingerprint density at radius 1 is 1.36 bits per heavy atom. The summed E-state index contributed by atoms with van der Waals surface area (Å²) in [5.74, 6) is -5.17. The molecule has 4 heterocycles. The molecule has 9 nitrogen and oxygen atoms in total. The SMILES string of the molecule is CC1(C)C(N)=N[C@](C)(c2nc(NC(=O)c3ncc(C#N)cc3Cl)ccc2F)[C@H]2CC(F)(F)CN[SH]21=O. The minimum atomic E-state index is -3.70. The average Bonchev–Trinajstić information content (AvgIpc) is 2.80. The van der Waals surface area contributed by atoms with Crippen molar-refractivity contribution in [2.75, 3.05) is 11.9 Å². The molecule has 1 amide bonds. The van der Waals surface area contributed by atoms with Crippen LogP contribution < -0.4 is 15.8 Å². The van der Waals surface area contributed by atoms with Crippen molar-refractivity contribution in [1.82, 2.24) is 14.7 Å². The Balaban J connectivity index is 1.78. The van der Waals surface area contributed by atoms with Gasteiger partial charge in [-0.15, -0.1) is 0 Å². The van der Waals surface area contributed by atoms with Crippen molar-refractivity contribution in [2.45, 2.75) is 48.7 Å². The minimum Gasteiger partial charge on any atom is -0.386 e. The summed E-state index contributed by atoms with van der Waals surface area (Å²) >= 11 is 6.04. The highest BCUT2D eigenvalue weighted by Crippen LogP contribution is 2.50. The molecule has 2 aliphatic heterocycles. The smallest absolute Gasteiger partial charge is 0.276 e. The zero-order chi connectivity index (χ0) is 26.7. The molecule has 1 fully saturated rings. The Morgan fingerprint density at radius 2 is 2.06 bits per heavy atom. The van der Waals surface area contributed by atoms with Crippen LogP contribution in [0.3, 0.4) is 0 Å². The van der Waals surface area contributed by atoms with E-state index in [1.165, 1.54) is 13.0 Å². The fraction of sp³-hybridized carbons (Fsp3) is 0.409. The molecule has 4 rings (SSSR count). The van der Waals surface area contributed by atoms with Crippen LogP contribution >= 0.6 is 11.6 Å². The van der Waals surface area contributed by atoms with Crippen LogP contribution in [0.25, 0.3) is 0 Å². The highest BCUT2D eigenvalue weighted by molar-refractivity contribution is 8.04. The molecule has 1 saturated heterocycles. The summed E-state index contributed by atoms with van der Waals surface area (Å²) in [6.45, 7) is 3.64. The summed E-state index contributed by atoms with van der Waals surface area (Å²) < 4.78 is 59.6. The number of aromatic nitrogens is 2. The Hall–Kier alpha value is -3.08. The van der Waals surface area contributed by atoms with E-state index in [1.54, 1.807) is 13.8 Å². The molecule has 36 heavy (non-hydrogen) atoms. The number of hydrogen-bond donors (Lipinski definition) is 4. The first-order valence-electron chi connectivity index (χ1n) is 10.8. The van der Waals surface area contributed by atoms with Crippen LogP contribution in [0.2, 0.25) is 5.02 Å². The lowest BCUT2D eigenvalue weighted by molar-refractivity contribution is -0.0139. The van der Waals surface area contributed by atoms with Gasteiger partial charge >= 0.3 is 0 Å². The van der Waals surface area contributed by atoms with Gasteiger partial charge in [-0.05, 0) is 49.1 Å². The van der Waals surface area contributed by atoms with Gasteiger partial charge in [0.2, 0.25) is 0 Å². The van der Waals surface area contributed by atoms with Gasteiger partial charge < -0.3 is 11.1 Å². The van der Waals surface area contributed by atoms with Crippen molar-refractivity contribution < 1.29 is 22.2 Å². The number of alkyl halides is 2. The number of halogens is 4. The number of nitrogens with one attached hydrogen (secondary N) is 2. The van der Waals surface area contributed by atoms with Crippen molar-refractivity contribution >= 4 is 39.3 Å². The number of hydrogen-bond acceptors (Lipinski definition) is 7. The molecule has 0 radical (unpaired) electrons. The van der Waals surface area contributed by atoms with Gasteiger partial charge in [0.15, 0.2) is 0 Å². The summed E-state index contributed by atoms with van der Waals surface area (Å²) in [6.07, 6.45) is 0.330. The molecule has 2 aromatic heterocycles. The number of fused-ring (bicyclic) bond motifs is 1. The van der Waals surface area contributed by atoms with Gasteiger partial charge in [0.1, 0.15) is 40.5 Å². The molecule has 0 unspecified atom stereocenters. The van der Waals surface area contributed by atoms with E-state index in [9.17, 15) is 17.8 Å². The second-order valence-electron chi connectivity index (χ2n) is 9.42. The predicted molar refractivity (Wildman–Crippen MR) is 130 cm³/mol. The van der Waals surface area contributed by atoms with E-state index < -0.39 is 62.0 Å². The molecule has 0 bridgehead atoms. The number of amides is 1. The number of nitrogens with two attached hydrogens (primary N) is 1. The summed E-state index contributed by atoms with van der Waals surface area (Å²) in [5, 5.41) is 9.93. The van der Waals surface area contributed by atoms with Crippen molar-refractivity contribution in [3.8, 4) is 6.07 Å². The third kappa shape index (κ3) is 4.03. The van der Waals surface area contributed by atoms with Crippen molar-refractivity contribution in [2.24, 2.45) is 10.7 Å². The summed E-state index contributed by atoms with van der Waals surface area (Å²) in [5.41, 5.74) is 3.85. The molecule has 0 aromatic carbocycles. The van der Waals surface area contributed by atoms with Gasteiger partial charge in [0.05, 0.1) is 27.1 Å². The lowest BCUT2D eigenvalue weighted by Crippen LogP contribution is -2.72. The van der Waals surface area contributed by atoms with Gasteiger partial charge in [0, 0.05) is 12.6 Å². The third-order valence-electron chi connectivity index (χ3n) is 6.71. The third-order valence-corrected chi connectivity index (χ3v) is 11.1. The normalized spacial score (nSPS) is 26.6. The standard InChI is InChI=1S/C22H23ClF3N7O2S/c1-20(2)19(28)33-21(3,14-7-22(25,26)10-30-36(14,20)35)17-13(24)4-5-15(31-17)32-18(34)16-12(23)6-11(8-27)9-29-16/h4-6,9,14,36H,7,10H2,1-3H3,(H2,28,33)(H,30,35)(H,31,32,34)/t14-,21+/m1/s1. The lowest BCUT2D eigenvalue weighted by atomic mass is 9.88. The first-order valence-corrected chi connectivity index (χ1v) is 12.9. The number of aliphatic imine (C=N–C) groups is 1. The van der Waals surface area contributed by atoms with Crippen LogP contribution in [0.1, 0.15) is 48.9 Å². The fourth-order valence-electron chi connectivity index (χ4n) is 4.52. The van der Waals surface area contributed by atoms with Crippen LogP contribution in [0.4, 0.5) is 19.0 Å². The van der Waals surface area contributed by atoms with Crippen molar-refractivity contribution in [3.63, 3.8) is 0 Å². The number of carbonyl (C=O) groups excluding carboxylic acids is 1. The number of carbonyl (C=O) groups is 1. The summed E-state index contributed by atoms with van der Waals surface area (Å²) in [4.78, 5) is 25.1. The van der Waals surface area contributed by atoms with Crippen LogP contribution in [-0.2, 0) is 15.7 Å². The zero-order valence-corrected chi connectivity index (χ0v) is 21.1. The van der Waals surface area contributed by atoms with Crippen LogP contribution in [0, 0.1) is 17.1 Å². The van der Waals surface area contributed by atoms with E-state index in [4.69, 9.17) is 22.6 Å². The van der Waals surface area contributed by atoms with E-state index in [0.717, 1.165) is 18.3 Å². The maximum atomic E-state index is 15.2. The molecule has 0 spiro atoms. The Bertz CT molecular complexity index is 1390. The van der Waals surface area contributed by atoms with Crippen molar-refractivity contribution in [1.29, 1.82) is 5.26 Å². The molecule has 4 N–H and O–H groups in total. The van der Waals surface area contributed by atoms with E-state index >= 15 is 4.39 Å². The Morgan fingerprint density at radius 3 is 2.69 bits per heavy atom. The van der Waals surface area contributed by atoms with Crippen LogP contribution in [0.5, 0.6) is 0 Å². The van der Waals surface area contributed by atoms with E-state index in [0.29, 0.717) is 0 Å². The second-order valence-corrected chi connectivity index (χ2v) is 13.2.